The van der Waals surface area contributed by atoms with E-state index < -0.39 is 23.7 Å². The molecule has 3 aliphatic heterocycles. The van der Waals surface area contributed by atoms with Crippen LogP contribution in [-0.4, -0.2) is 109 Å². The number of fused-ring (bicyclic) bond motifs is 1. The summed E-state index contributed by atoms with van der Waals surface area (Å²) in [6.45, 7) is 5.38. The first kappa shape index (κ1) is 39.4. The van der Waals surface area contributed by atoms with Crippen LogP contribution in [0.3, 0.4) is 0 Å². The maximum atomic E-state index is 15.1. The van der Waals surface area contributed by atoms with Crippen LogP contribution in [0.15, 0.2) is 53.5 Å². The van der Waals surface area contributed by atoms with Gasteiger partial charge in [0.15, 0.2) is 18.2 Å². The standard InChI is InChI=1S/C39H44ClFN10O6/c1-42-34(53)22-57-32-18-24-17-25(3-7-31(24)48(2)38(32)56)44-35-28(40)20-43-39(47-35)51-15-13-49(14-16-51)21-23-9-11-50(12-10-23)26-4-5-27(29(41)19-26)36(54)45-30-6-8-33(52)46-37(30)55/h3-5,7,17-20,23,30H,6,8-16,21-22H2,1-2H3,(H,42,53)(H,45,54)(H,43,44,47)(H,46,52,55). The zero-order valence-corrected chi connectivity index (χ0v) is 32.4. The van der Waals surface area contributed by atoms with E-state index in [1.54, 1.807) is 25.4 Å². The summed E-state index contributed by atoms with van der Waals surface area (Å²) in [7, 11) is 3.14. The summed E-state index contributed by atoms with van der Waals surface area (Å²) >= 11 is 6.53. The number of carbonyl (C=O) groups is 4. The third-order valence-electron chi connectivity index (χ3n) is 10.7. The molecule has 0 spiro atoms. The number of amides is 4. The number of halogens is 2. The fraction of sp³-hybridized carbons (Fsp3) is 0.410. The van der Waals surface area contributed by atoms with Gasteiger partial charge in [0.05, 0.1) is 17.3 Å². The molecule has 4 N–H and O–H groups in total. The number of ether oxygens (including phenoxy) is 1. The van der Waals surface area contributed by atoms with Crippen LogP contribution in [0.25, 0.3) is 10.9 Å². The summed E-state index contributed by atoms with van der Waals surface area (Å²) in [5.41, 5.74) is 1.60. The van der Waals surface area contributed by atoms with Crippen LogP contribution in [0.4, 0.5) is 27.5 Å². The molecule has 4 aromatic rings. The highest BCUT2D eigenvalue weighted by Gasteiger charge is 2.30. The minimum atomic E-state index is -0.873. The van der Waals surface area contributed by atoms with Crippen LogP contribution in [0.2, 0.25) is 5.02 Å². The van der Waals surface area contributed by atoms with Gasteiger partial charge in [-0.1, -0.05) is 11.6 Å². The van der Waals surface area contributed by atoms with E-state index in [2.05, 4.69) is 41.0 Å². The van der Waals surface area contributed by atoms with Gasteiger partial charge in [0.1, 0.15) is 16.9 Å². The number of imide groups is 1. The van der Waals surface area contributed by atoms with Crippen molar-refractivity contribution in [1.82, 2.24) is 35.4 Å². The van der Waals surface area contributed by atoms with Gasteiger partial charge >= 0.3 is 0 Å². The van der Waals surface area contributed by atoms with E-state index in [1.165, 1.54) is 23.7 Å². The number of hydrogen-bond donors (Lipinski definition) is 4. The molecule has 16 nitrogen and oxygen atoms in total. The number of rotatable bonds is 11. The van der Waals surface area contributed by atoms with E-state index in [9.17, 15) is 24.0 Å². The minimum absolute atomic E-state index is 0.0656. The molecule has 0 bridgehead atoms. The highest BCUT2D eigenvalue weighted by Crippen LogP contribution is 2.29. The molecule has 2 aromatic carbocycles. The van der Waals surface area contributed by atoms with Crippen molar-refractivity contribution in [3.8, 4) is 5.75 Å². The Labute approximate surface area is 332 Å². The van der Waals surface area contributed by atoms with Gasteiger partial charge in [-0.2, -0.15) is 4.98 Å². The lowest BCUT2D eigenvalue weighted by atomic mass is 9.95. The van der Waals surface area contributed by atoms with E-state index in [1.807, 2.05) is 18.2 Å². The van der Waals surface area contributed by atoms with E-state index >= 15 is 4.39 Å². The molecule has 3 saturated heterocycles. The largest absolute Gasteiger partial charge is 0.478 e. The number of piperazine rings is 1. The first-order chi connectivity index (χ1) is 27.4. The third-order valence-corrected chi connectivity index (χ3v) is 11.0. The van der Waals surface area contributed by atoms with E-state index in [-0.39, 0.29) is 48.1 Å². The smallest absolute Gasteiger partial charge is 0.293 e. The number of aryl methyl sites for hydroxylation is 1. The molecule has 1 atom stereocenters. The van der Waals surface area contributed by atoms with Crippen molar-refractivity contribution < 1.29 is 28.3 Å². The molecular weight excluding hydrogens is 759 g/mol. The zero-order valence-electron chi connectivity index (χ0n) is 31.6. The van der Waals surface area contributed by atoms with Crippen molar-refractivity contribution in [2.24, 2.45) is 13.0 Å². The number of pyridine rings is 1. The first-order valence-electron chi connectivity index (χ1n) is 18.9. The fourth-order valence-electron chi connectivity index (χ4n) is 7.41. The van der Waals surface area contributed by atoms with Gasteiger partial charge in [-0.25, -0.2) is 9.37 Å². The lowest BCUT2D eigenvalue weighted by molar-refractivity contribution is -0.134. The van der Waals surface area contributed by atoms with Crippen molar-refractivity contribution in [2.45, 2.75) is 31.7 Å². The number of aromatic nitrogens is 3. The summed E-state index contributed by atoms with van der Waals surface area (Å²) in [6.07, 6.45) is 3.78. The van der Waals surface area contributed by atoms with E-state index in [0.29, 0.717) is 39.6 Å². The molecule has 57 heavy (non-hydrogen) atoms. The Morgan fingerprint density at radius 2 is 1.75 bits per heavy atom. The second kappa shape index (κ2) is 17.1. The van der Waals surface area contributed by atoms with Crippen molar-refractivity contribution >= 4 is 69.3 Å². The second-order valence-electron chi connectivity index (χ2n) is 14.5. The molecule has 3 aliphatic rings. The van der Waals surface area contributed by atoms with Crippen LogP contribution in [0.5, 0.6) is 5.75 Å². The first-order valence-corrected chi connectivity index (χ1v) is 19.3. The Morgan fingerprint density at radius 3 is 2.47 bits per heavy atom. The number of likely N-dealkylation sites (N-methyl/N-ethyl adjacent to an activating group) is 1. The number of nitrogens with zero attached hydrogens (tertiary/aromatic N) is 6. The number of anilines is 4. The molecule has 7 rings (SSSR count). The van der Waals surface area contributed by atoms with Crippen molar-refractivity contribution in [2.75, 3.05) is 74.6 Å². The topological polar surface area (TPSA) is 183 Å². The van der Waals surface area contributed by atoms with E-state index in [4.69, 9.17) is 21.3 Å². The number of benzene rings is 2. The minimum Gasteiger partial charge on any atom is -0.478 e. The Bertz CT molecular complexity index is 2260. The van der Waals surface area contributed by atoms with Crippen LogP contribution < -0.4 is 41.4 Å². The molecule has 2 aromatic heterocycles. The Hall–Kier alpha value is -5.81. The second-order valence-corrected chi connectivity index (χ2v) is 14.9. The van der Waals surface area contributed by atoms with Crippen LogP contribution in [0, 0.1) is 11.7 Å². The monoisotopic (exact) mass is 802 g/mol. The summed E-state index contributed by atoms with van der Waals surface area (Å²) in [6, 6.07) is 10.8. The third kappa shape index (κ3) is 9.10. The lowest BCUT2D eigenvalue weighted by Crippen LogP contribution is -2.52. The van der Waals surface area contributed by atoms with Gasteiger partial charge < -0.3 is 35.1 Å². The molecule has 300 valence electrons. The van der Waals surface area contributed by atoms with Crippen LogP contribution in [0.1, 0.15) is 36.0 Å². The molecule has 0 aliphatic carbocycles. The lowest BCUT2D eigenvalue weighted by Gasteiger charge is -2.39. The molecule has 4 amide bonds. The highest BCUT2D eigenvalue weighted by atomic mass is 35.5. The summed E-state index contributed by atoms with van der Waals surface area (Å²) in [5.74, 6) is -1.10. The van der Waals surface area contributed by atoms with Crippen molar-refractivity contribution in [1.29, 1.82) is 0 Å². The molecule has 18 heteroatoms. The Kier molecular flexibility index (Phi) is 11.9. The maximum Gasteiger partial charge on any atom is 0.293 e. The summed E-state index contributed by atoms with van der Waals surface area (Å²) in [4.78, 5) is 76.6. The normalized spacial score (nSPS) is 18.0. The van der Waals surface area contributed by atoms with Gasteiger partial charge in [-0.3, -0.25) is 34.2 Å². The molecule has 5 heterocycles. The van der Waals surface area contributed by atoms with Gasteiger partial charge in [0, 0.05) is 83.1 Å². The zero-order chi connectivity index (χ0) is 40.2. The summed E-state index contributed by atoms with van der Waals surface area (Å²) < 4.78 is 22.1. The Morgan fingerprint density at radius 1 is 0.982 bits per heavy atom. The number of piperidine rings is 2. The van der Waals surface area contributed by atoms with Crippen molar-refractivity contribution in [3.05, 3.63) is 75.4 Å². The fourth-order valence-corrected chi connectivity index (χ4v) is 7.54. The number of nitrogens with one attached hydrogen (secondary N) is 4. The van der Waals surface area contributed by atoms with Gasteiger partial charge in [0.25, 0.3) is 17.4 Å². The number of carbonyl (C=O) groups excluding carboxylic acids is 4. The quantitative estimate of drug-likeness (QED) is 0.163. The van der Waals surface area contributed by atoms with Crippen LogP contribution in [-0.2, 0) is 21.4 Å². The predicted molar refractivity (Wildman–Crippen MR) is 213 cm³/mol. The molecular formula is C39H44ClFN10O6. The highest BCUT2D eigenvalue weighted by molar-refractivity contribution is 6.33. The predicted octanol–water partition coefficient (Wildman–Crippen LogP) is 2.56. The van der Waals surface area contributed by atoms with E-state index in [0.717, 1.165) is 64.0 Å². The van der Waals surface area contributed by atoms with Crippen molar-refractivity contribution in [3.63, 3.8) is 0 Å². The van der Waals surface area contributed by atoms with Gasteiger partial charge in [0.2, 0.25) is 17.8 Å². The Balaban J connectivity index is 0.897. The molecule has 0 saturated carbocycles. The maximum absolute atomic E-state index is 15.1. The average Bonchev–Trinajstić information content (AvgIpc) is 3.21. The van der Waals surface area contributed by atoms with Crippen LogP contribution >= 0.6 is 11.6 Å². The average molecular weight is 803 g/mol. The number of hydrogen-bond acceptors (Lipinski definition) is 12. The summed E-state index contributed by atoms with van der Waals surface area (Å²) in [5, 5.41) is 11.6. The molecule has 0 radical (unpaired) electrons. The SMILES string of the molecule is CNC(=O)COc1cc2cc(Nc3nc(N4CCN(CC5CCN(c6ccc(C(=O)NC7CCC(=O)NC7=O)c(F)c6)CC5)CC4)ncc3Cl)ccc2n(C)c1=O. The van der Waals surface area contributed by atoms with Gasteiger partial charge in [-0.05, 0) is 67.6 Å². The molecule has 1 unspecified atom stereocenters. The molecule has 3 fully saturated rings. The van der Waals surface area contributed by atoms with Gasteiger partial charge in [-0.15, -0.1) is 0 Å².